The number of hydrogen-bond donors (Lipinski definition) is 2. The molecule has 1 heterocycles. The van der Waals surface area contributed by atoms with Gasteiger partial charge in [-0.25, -0.2) is 9.59 Å². The van der Waals surface area contributed by atoms with Gasteiger partial charge in [-0.2, -0.15) is 0 Å². The van der Waals surface area contributed by atoms with Gasteiger partial charge in [0.05, 0.1) is 0 Å². The first kappa shape index (κ1) is 25.9. The fourth-order valence-corrected chi connectivity index (χ4v) is 1.71. The van der Waals surface area contributed by atoms with E-state index in [1.165, 1.54) is 26.5 Å². The van der Waals surface area contributed by atoms with Crippen LogP contribution in [0.5, 0.6) is 0 Å². The van der Waals surface area contributed by atoms with Crippen molar-refractivity contribution in [3.8, 4) is 0 Å². The highest BCUT2D eigenvalue weighted by Crippen LogP contribution is 2.23. The van der Waals surface area contributed by atoms with Crippen LogP contribution >= 0.6 is 0 Å². The summed E-state index contributed by atoms with van der Waals surface area (Å²) in [6.45, 7) is 7.24. The van der Waals surface area contributed by atoms with Crippen LogP contribution in [0.25, 0.3) is 0 Å². The van der Waals surface area contributed by atoms with Gasteiger partial charge in [0, 0.05) is 27.5 Å². The third-order valence-electron chi connectivity index (χ3n) is 2.73. The third kappa shape index (κ3) is 8.64. The first-order chi connectivity index (χ1) is 11.8. The highest BCUT2D eigenvalue weighted by molar-refractivity contribution is 6.15. The zero-order valence-corrected chi connectivity index (χ0v) is 15.4. The second-order valence-corrected chi connectivity index (χ2v) is 5.12. The van der Waals surface area contributed by atoms with E-state index in [1.54, 1.807) is 0 Å². The molecular weight excluding hydrogens is 338 g/mol. The van der Waals surface area contributed by atoms with E-state index in [0.717, 1.165) is 0 Å². The summed E-state index contributed by atoms with van der Waals surface area (Å²) >= 11 is 0. The Bertz CT molecular complexity index is 559. The van der Waals surface area contributed by atoms with Gasteiger partial charge in [-0.15, -0.1) is 0 Å². The SMILES string of the molecule is C.CC.COCC(O)=C1C(=O)OC(C)(C)OC1=O.NCc1ccccc1. The predicted octanol–water partition coefficient (Wildman–Crippen LogP) is 3.09. The summed E-state index contributed by atoms with van der Waals surface area (Å²) in [4.78, 5) is 22.7. The normalized spacial score (nSPS) is 14.3. The molecule has 3 N–H and O–H groups in total. The molecule has 0 radical (unpaired) electrons. The molecule has 0 saturated carbocycles. The van der Waals surface area contributed by atoms with Gasteiger partial charge in [0.1, 0.15) is 12.4 Å². The average Bonchev–Trinajstić information content (AvgIpc) is 2.56. The van der Waals surface area contributed by atoms with E-state index in [9.17, 15) is 14.7 Å². The third-order valence-corrected chi connectivity index (χ3v) is 2.73. The van der Waals surface area contributed by atoms with Crippen molar-refractivity contribution in [3.63, 3.8) is 0 Å². The van der Waals surface area contributed by atoms with Gasteiger partial charge in [-0.1, -0.05) is 51.6 Å². The number of ether oxygens (including phenoxy) is 3. The summed E-state index contributed by atoms with van der Waals surface area (Å²) in [6, 6.07) is 9.99. The van der Waals surface area contributed by atoms with E-state index in [-0.39, 0.29) is 14.0 Å². The Balaban J connectivity index is 0. The largest absolute Gasteiger partial charge is 0.509 e. The van der Waals surface area contributed by atoms with Crippen LogP contribution in [0, 0.1) is 0 Å². The summed E-state index contributed by atoms with van der Waals surface area (Å²) in [6.07, 6.45) is 0. The number of aliphatic hydroxyl groups is 1. The number of methoxy groups -OCH3 is 1. The summed E-state index contributed by atoms with van der Waals surface area (Å²) in [5.74, 6) is -3.62. The van der Waals surface area contributed by atoms with Crippen LogP contribution in [-0.4, -0.2) is 36.5 Å². The molecule has 1 aliphatic rings. The summed E-state index contributed by atoms with van der Waals surface area (Å²) < 4.78 is 14.1. The van der Waals surface area contributed by atoms with E-state index in [2.05, 4.69) is 4.74 Å². The minimum absolute atomic E-state index is 0. The Hall–Kier alpha value is -2.38. The van der Waals surface area contributed by atoms with Crippen molar-refractivity contribution in [2.45, 2.75) is 47.5 Å². The van der Waals surface area contributed by atoms with E-state index in [4.69, 9.17) is 15.2 Å². The predicted molar refractivity (Wildman–Crippen MR) is 100 cm³/mol. The van der Waals surface area contributed by atoms with E-state index in [0.29, 0.717) is 6.54 Å². The van der Waals surface area contributed by atoms with Crippen molar-refractivity contribution in [2.75, 3.05) is 13.7 Å². The maximum atomic E-state index is 11.3. The molecule has 0 aliphatic carbocycles. The van der Waals surface area contributed by atoms with Crippen molar-refractivity contribution < 1.29 is 28.9 Å². The molecule has 0 spiro atoms. The minimum Gasteiger partial charge on any atom is -0.509 e. The number of hydrogen-bond acceptors (Lipinski definition) is 7. The van der Waals surface area contributed by atoms with Gasteiger partial charge < -0.3 is 25.1 Å². The minimum atomic E-state index is -1.30. The number of carbonyl (C=O) groups excluding carboxylic acids is 2. The average molecular weight is 369 g/mol. The summed E-state index contributed by atoms with van der Waals surface area (Å²) in [5.41, 5.74) is 6.02. The Labute approximate surface area is 155 Å². The van der Waals surface area contributed by atoms with Gasteiger partial charge in [0.25, 0.3) is 5.79 Å². The molecule has 1 saturated heterocycles. The smallest absolute Gasteiger partial charge is 0.352 e. The number of carbonyl (C=O) groups is 2. The molecular formula is C19H31NO6. The lowest BCUT2D eigenvalue weighted by atomic mass is 10.2. The highest BCUT2D eigenvalue weighted by atomic mass is 16.7. The first-order valence-corrected chi connectivity index (χ1v) is 7.92. The van der Waals surface area contributed by atoms with Crippen LogP contribution in [0.1, 0.15) is 40.7 Å². The van der Waals surface area contributed by atoms with Crippen LogP contribution in [0.4, 0.5) is 0 Å². The van der Waals surface area contributed by atoms with Crippen molar-refractivity contribution in [2.24, 2.45) is 5.73 Å². The maximum absolute atomic E-state index is 11.3. The van der Waals surface area contributed by atoms with Crippen LogP contribution in [-0.2, 0) is 30.3 Å². The molecule has 26 heavy (non-hydrogen) atoms. The lowest BCUT2D eigenvalue weighted by molar-refractivity contribution is -0.222. The molecule has 148 valence electrons. The lowest BCUT2D eigenvalue weighted by Crippen LogP contribution is -2.42. The van der Waals surface area contributed by atoms with E-state index >= 15 is 0 Å². The first-order valence-electron chi connectivity index (χ1n) is 7.92. The molecule has 1 fully saturated rings. The van der Waals surface area contributed by atoms with Gasteiger partial charge in [-0.3, -0.25) is 0 Å². The molecule has 0 bridgehead atoms. The fraction of sp³-hybridized carbons (Fsp3) is 0.474. The number of benzene rings is 1. The lowest BCUT2D eigenvalue weighted by Gasteiger charge is -2.29. The van der Waals surface area contributed by atoms with Gasteiger partial charge in [0.2, 0.25) is 0 Å². The monoisotopic (exact) mass is 369 g/mol. The maximum Gasteiger partial charge on any atom is 0.352 e. The van der Waals surface area contributed by atoms with Gasteiger partial charge in [0.15, 0.2) is 5.57 Å². The molecule has 0 unspecified atom stereocenters. The van der Waals surface area contributed by atoms with Gasteiger partial charge >= 0.3 is 11.9 Å². The van der Waals surface area contributed by atoms with Crippen LogP contribution in [0.2, 0.25) is 0 Å². The Kier molecular flexibility index (Phi) is 12.8. The molecule has 0 amide bonds. The Morgan fingerprint density at radius 1 is 1.12 bits per heavy atom. The number of nitrogens with two attached hydrogens (primary N) is 1. The Morgan fingerprint density at radius 3 is 1.92 bits per heavy atom. The topological polar surface area (TPSA) is 108 Å². The molecule has 0 aromatic heterocycles. The molecule has 1 aromatic carbocycles. The Morgan fingerprint density at radius 2 is 1.58 bits per heavy atom. The second kappa shape index (κ2) is 12.9. The molecule has 1 aliphatic heterocycles. The van der Waals surface area contributed by atoms with E-state index in [1.807, 2.05) is 44.2 Å². The van der Waals surface area contributed by atoms with Crippen molar-refractivity contribution >= 4 is 11.9 Å². The summed E-state index contributed by atoms with van der Waals surface area (Å²) in [7, 11) is 1.32. The highest BCUT2D eigenvalue weighted by Gasteiger charge is 2.41. The molecule has 1 aromatic rings. The molecule has 0 atom stereocenters. The fourth-order valence-electron chi connectivity index (χ4n) is 1.71. The van der Waals surface area contributed by atoms with Crippen molar-refractivity contribution in [1.82, 2.24) is 0 Å². The zero-order valence-electron chi connectivity index (χ0n) is 15.4. The van der Waals surface area contributed by atoms with Crippen LogP contribution < -0.4 is 5.73 Å². The zero-order chi connectivity index (χ0) is 19.5. The van der Waals surface area contributed by atoms with Crippen LogP contribution in [0.15, 0.2) is 41.7 Å². The van der Waals surface area contributed by atoms with Crippen LogP contribution in [0.3, 0.4) is 0 Å². The summed E-state index contributed by atoms with van der Waals surface area (Å²) in [5, 5.41) is 9.34. The number of cyclic esters (lactones) is 2. The van der Waals surface area contributed by atoms with Crippen molar-refractivity contribution in [3.05, 3.63) is 47.2 Å². The standard InChI is InChI=1S/C9H12O6.C7H9N.C2H6.CH4/c1-9(2)14-7(11)6(8(12)15-9)5(10)4-13-3;8-6-7-4-2-1-3-5-7;1-2;/h10H,4H2,1-3H3;1-5H,6,8H2;1-2H3;1H4. The number of rotatable bonds is 3. The number of aliphatic hydroxyl groups excluding tert-OH is 1. The van der Waals surface area contributed by atoms with E-state index < -0.39 is 29.1 Å². The second-order valence-electron chi connectivity index (χ2n) is 5.12. The molecule has 7 nitrogen and oxygen atoms in total. The number of esters is 2. The molecule has 2 rings (SSSR count). The van der Waals surface area contributed by atoms with Gasteiger partial charge in [-0.05, 0) is 5.56 Å². The molecule has 7 heteroatoms. The van der Waals surface area contributed by atoms with Crippen molar-refractivity contribution in [1.29, 1.82) is 0 Å². The quantitative estimate of drug-likeness (QED) is 0.365.